The van der Waals surface area contributed by atoms with Crippen LogP contribution in [0.3, 0.4) is 0 Å². The van der Waals surface area contributed by atoms with E-state index in [-0.39, 0.29) is 11.3 Å². The third kappa shape index (κ3) is 2.10. The standard InChI is InChI=1S/C13H11NO4/c1-18-12-5-3-2-4-8(12)10-6-9(13(16)17)11(15)7-14-10/h2-7,15H,1H3,(H,16,17). The van der Waals surface area contributed by atoms with Crippen molar-refractivity contribution in [1.29, 1.82) is 0 Å². The van der Waals surface area contributed by atoms with Crippen LogP contribution in [-0.2, 0) is 0 Å². The average Bonchev–Trinajstić information content (AvgIpc) is 2.39. The van der Waals surface area contributed by atoms with Gasteiger partial charge in [-0.2, -0.15) is 0 Å². The maximum Gasteiger partial charge on any atom is 0.339 e. The normalized spacial score (nSPS) is 10.1. The van der Waals surface area contributed by atoms with Crippen molar-refractivity contribution in [3.63, 3.8) is 0 Å². The predicted molar refractivity (Wildman–Crippen MR) is 64.8 cm³/mol. The minimum atomic E-state index is -1.20. The quantitative estimate of drug-likeness (QED) is 0.866. The Morgan fingerprint density at radius 3 is 2.72 bits per heavy atom. The number of aromatic carboxylic acids is 1. The summed E-state index contributed by atoms with van der Waals surface area (Å²) in [6, 6.07) is 8.44. The summed E-state index contributed by atoms with van der Waals surface area (Å²) in [5.74, 6) is -0.973. The van der Waals surface area contributed by atoms with E-state index in [1.165, 1.54) is 13.2 Å². The molecule has 0 aliphatic heterocycles. The van der Waals surface area contributed by atoms with Crippen LogP contribution in [0, 0.1) is 0 Å². The first kappa shape index (κ1) is 11.9. The monoisotopic (exact) mass is 245 g/mol. The van der Waals surface area contributed by atoms with Gasteiger partial charge in [-0.05, 0) is 18.2 Å². The van der Waals surface area contributed by atoms with Crippen molar-refractivity contribution < 1.29 is 19.7 Å². The van der Waals surface area contributed by atoms with Crippen molar-refractivity contribution >= 4 is 5.97 Å². The maximum absolute atomic E-state index is 10.9. The molecule has 2 N–H and O–H groups in total. The van der Waals surface area contributed by atoms with E-state index in [1.807, 2.05) is 0 Å². The molecule has 5 heteroatoms. The van der Waals surface area contributed by atoms with Crippen molar-refractivity contribution in [3.05, 3.63) is 42.1 Å². The van der Waals surface area contributed by atoms with Gasteiger partial charge in [-0.3, -0.25) is 4.98 Å². The molecule has 0 aliphatic carbocycles. The Bertz CT molecular complexity index is 595. The largest absolute Gasteiger partial charge is 0.505 e. The number of carbonyl (C=O) groups is 1. The molecular formula is C13H11NO4. The Balaban J connectivity index is 2.58. The smallest absolute Gasteiger partial charge is 0.339 e. The number of hydrogen-bond donors (Lipinski definition) is 2. The molecule has 18 heavy (non-hydrogen) atoms. The molecule has 2 rings (SSSR count). The van der Waals surface area contributed by atoms with Crippen LogP contribution in [0.2, 0.25) is 0 Å². The fraction of sp³-hybridized carbons (Fsp3) is 0.0769. The van der Waals surface area contributed by atoms with E-state index < -0.39 is 5.97 Å². The van der Waals surface area contributed by atoms with Gasteiger partial charge in [0.2, 0.25) is 0 Å². The highest BCUT2D eigenvalue weighted by Gasteiger charge is 2.14. The number of benzene rings is 1. The first-order valence-corrected chi connectivity index (χ1v) is 5.19. The molecule has 0 saturated carbocycles. The lowest BCUT2D eigenvalue weighted by Gasteiger charge is -2.08. The van der Waals surface area contributed by atoms with Crippen LogP contribution < -0.4 is 4.74 Å². The highest BCUT2D eigenvalue weighted by molar-refractivity contribution is 5.92. The van der Waals surface area contributed by atoms with E-state index in [9.17, 15) is 9.90 Å². The lowest BCUT2D eigenvalue weighted by atomic mass is 10.1. The Morgan fingerprint density at radius 1 is 1.33 bits per heavy atom. The van der Waals surface area contributed by atoms with E-state index in [2.05, 4.69) is 4.98 Å². The van der Waals surface area contributed by atoms with E-state index in [1.54, 1.807) is 24.3 Å². The van der Waals surface area contributed by atoms with Crippen molar-refractivity contribution in [2.24, 2.45) is 0 Å². The van der Waals surface area contributed by atoms with Gasteiger partial charge in [0.15, 0.2) is 0 Å². The number of carboxylic acids is 1. The Morgan fingerprint density at radius 2 is 2.06 bits per heavy atom. The number of rotatable bonds is 3. The van der Waals surface area contributed by atoms with Crippen LogP contribution in [-0.4, -0.2) is 28.3 Å². The SMILES string of the molecule is COc1ccccc1-c1cc(C(=O)O)c(O)cn1. The van der Waals surface area contributed by atoms with Gasteiger partial charge in [-0.25, -0.2) is 4.79 Å². The minimum Gasteiger partial charge on any atom is -0.505 e. The summed E-state index contributed by atoms with van der Waals surface area (Å²) in [7, 11) is 1.53. The van der Waals surface area contributed by atoms with Gasteiger partial charge in [0.1, 0.15) is 17.1 Å². The van der Waals surface area contributed by atoms with E-state index in [0.717, 1.165) is 6.20 Å². The second-order valence-electron chi connectivity index (χ2n) is 3.59. The van der Waals surface area contributed by atoms with Gasteiger partial charge < -0.3 is 14.9 Å². The zero-order valence-electron chi connectivity index (χ0n) is 9.62. The van der Waals surface area contributed by atoms with E-state index in [4.69, 9.17) is 9.84 Å². The zero-order chi connectivity index (χ0) is 13.1. The van der Waals surface area contributed by atoms with Crippen LogP contribution in [0.15, 0.2) is 36.5 Å². The summed E-state index contributed by atoms with van der Waals surface area (Å²) in [4.78, 5) is 14.9. The number of methoxy groups -OCH3 is 1. The fourth-order valence-corrected chi connectivity index (χ4v) is 1.62. The Labute approximate surface area is 103 Å². The molecule has 0 atom stereocenters. The lowest BCUT2D eigenvalue weighted by molar-refractivity contribution is 0.0693. The van der Waals surface area contributed by atoms with Gasteiger partial charge in [-0.1, -0.05) is 12.1 Å². The van der Waals surface area contributed by atoms with Crippen LogP contribution in [0.5, 0.6) is 11.5 Å². The number of ether oxygens (including phenoxy) is 1. The van der Waals surface area contributed by atoms with Crippen molar-refractivity contribution in [1.82, 2.24) is 4.98 Å². The summed E-state index contributed by atoms with van der Waals surface area (Å²) < 4.78 is 5.18. The van der Waals surface area contributed by atoms with E-state index >= 15 is 0 Å². The molecule has 0 bridgehead atoms. The summed E-state index contributed by atoms with van der Waals surface area (Å²) in [5, 5.41) is 18.3. The number of aromatic nitrogens is 1. The molecule has 0 amide bonds. The highest BCUT2D eigenvalue weighted by Crippen LogP contribution is 2.30. The van der Waals surface area contributed by atoms with Gasteiger partial charge in [-0.15, -0.1) is 0 Å². The number of carboxylic acid groups (broad SMARTS) is 1. The third-order valence-corrected chi connectivity index (χ3v) is 2.50. The Kier molecular flexibility index (Phi) is 3.14. The van der Waals surface area contributed by atoms with Crippen molar-refractivity contribution in [2.75, 3.05) is 7.11 Å². The first-order valence-electron chi connectivity index (χ1n) is 5.19. The van der Waals surface area contributed by atoms with Crippen LogP contribution in [0.1, 0.15) is 10.4 Å². The summed E-state index contributed by atoms with van der Waals surface area (Å²) in [5.41, 5.74) is 0.913. The molecule has 0 unspecified atom stereocenters. The Hall–Kier alpha value is -2.56. The molecule has 1 aromatic carbocycles. The fourth-order valence-electron chi connectivity index (χ4n) is 1.62. The van der Waals surface area contributed by atoms with Crippen LogP contribution in [0.25, 0.3) is 11.3 Å². The minimum absolute atomic E-state index is 0.189. The molecule has 2 aromatic rings. The van der Waals surface area contributed by atoms with Crippen molar-refractivity contribution in [2.45, 2.75) is 0 Å². The van der Waals surface area contributed by atoms with Crippen molar-refractivity contribution in [3.8, 4) is 22.8 Å². The molecule has 92 valence electrons. The van der Waals surface area contributed by atoms with Crippen LogP contribution >= 0.6 is 0 Å². The molecule has 1 heterocycles. The molecule has 0 spiro atoms. The molecule has 5 nitrogen and oxygen atoms in total. The zero-order valence-corrected chi connectivity index (χ0v) is 9.62. The molecular weight excluding hydrogens is 234 g/mol. The second-order valence-corrected chi connectivity index (χ2v) is 3.59. The predicted octanol–water partition coefficient (Wildman–Crippen LogP) is 2.16. The summed E-state index contributed by atoms with van der Waals surface area (Å²) in [6.07, 6.45) is 1.12. The van der Waals surface area contributed by atoms with E-state index in [0.29, 0.717) is 17.0 Å². The van der Waals surface area contributed by atoms with Gasteiger partial charge in [0, 0.05) is 5.56 Å². The topological polar surface area (TPSA) is 79.7 Å². The molecule has 0 aliphatic rings. The molecule has 0 radical (unpaired) electrons. The molecule has 0 saturated heterocycles. The number of aromatic hydroxyl groups is 1. The van der Waals surface area contributed by atoms with Crippen LogP contribution in [0.4, 0.5) is 0 Å². The number of nitrogens with zero attached hydrogens (tertiary/aromatic N) is 1. The first-order chi connectivity index (χ1) is 8.63. The summed E-state index contributed by atoms with van der Waals surface area (Å²) in [6.45, 7) is 0. The summed E-state index contributed by atoms with van der Waals surface area (Å²) >= 11 is 0. The maximum atomic E-state index is 10.9. The lowest BCUT2D eigenvalue weighted by Crippen LogP contribution is -1.99. The second kappa shape index (κ2) is 4.75. The third-order valence-electron chi connectivity index (χ3n) is 2.50. The number of hydrogen-bond acceptors (Lipinski definition) is 4. The molecule has 0 fully saturated rings. The number of pyridine rings is 1. The molecule has 1 aromatic heterocycles. The van der Waals surface area contributed by atoms with Gasteiger partial charge in [0.05, 0.1) is 19.0 Å². The average molecular weight is 245 g/mol. The highest BCUT2D eigenvalue weighted by atomic mass is 16.5. The van der Waals surface area contributed by atoms with Gasteiger partial charge >= 0.3 is 5.97 Å². The number of para-hydroxylation sites is 1. The van der Waals surface area contributed by atoms with Gasteiger partial charge in [0.25, 0.3) is 0 Å².